The molecular formula is C13H12N2O2S. The van der Waals surface area contributed by atoms with Crippen molar-refractivity contribution >= 4 is 22.9 Å². The van der Waals surface area contributed by atoms with Crippen molar-refractivity contribution in [3.05, 3.63) is 48.4 Å². The summed E-state index contributed by atoms with van der Waals surface area (Å²) in [4.78, 5) is 4.41. The Bertz CT molecular complexity index is 600. The molecule has 0 bridgehead atoms. The number of rotatable bonds is 4. The standard InChI is InChI=1S/C13H12N2O2S/c14-8-12(11-6-3-7-16-11)18-13-15-9-4-1-2-5-10(9)17-13/h1-7,12H,8,14H2. The Balaban J connectivity index is 1.86. The summed E-state index contributed by atoms with van der Waals surface area (Å²) in [6, 6.07) is 11.4. The van der Waals surface area contributed by atoms with Crippen molar-refractivity contribution in [1.82, 2.24) is 4.98 Å². The smallest absolute Gasteiger partial charge is 0.257 e. The van der Waals surface area contributed by atoms with Crippen LogP contribution < -0.4 is 5.73 Å². The molecule has 1 unspecified atom stereocenters. The number of para-hydroxylation sites is 2. The molecule has 5 heteroatoms. The summed E-state index contributed by atoms with van der Waals surface area (Å²) in [6.07, 6.45) is 1.64. The van der Waals surface area contributed by atoms with Gasteiger partial charge in [-0.2, -0.15) is 0 Å². The lowest BCUT2D eigenvalue weighted by Gasteiger charge is -2.07. The second-order valence-corrected chi connectivity index (χ2v) is 4.96. The number of benzene rings is 1. The van der Waals surface area contributed by atoms with Crippen LogP contribution in [0.1, 0.15) is 11.0 Å². The molecule has 92 valence electrons. The van der Waals surface area contributed by atoms with Crippen LogP contribution in [-0.2, 0) is 0 Å². The van der Waals surface area contributed by atoms with Crippen molar-refractivity contribution in [3.8, 4) is 0 Å². The Morgan fingerprint density at radius 3 is 2.83 bits per heavy atom. The van der Waals surface area contributed by atoms with Gasteiger partial charge >= 0.3 is 0 Å². The molecule has 3 aromatic rings. The second-order valence-electron chi connectivity index (χ2n) is 3.81. The maximum absolute atomic E-state index is 5.76. The number of nitrogens with zero attached hydrogens (tertiary/aromatic N) is 1. The van der Waals surface area contributed by atoms with Crippen LogP contribution in [-0.4, -0.2) is 11.5 Å². The van der Waals surface area contributed by atoms with E-state index in [9.17, 15) is 0 Å². The topological polar surface area (TPSA) is 65.2 Å². The minimum atomic E-state index is 0.0214. The lowest BCUT2D eigenvalue weighted by molar-refractivity contribution is 0.480. The van der Waals surface area contributed by atoms with Gasteiger partial charge in [0.05, 0.1) is 11.5 Å². The third-order valence-electron chi connectivity index (χ3n) is 2.59. The van der Waals surface area contributed by atoms with Crippen molar-refractivity contribution in [3.63, 3.8) is 0 Å². The zero-order chi connectivity index (χ0) is 12.4. The van der Waals surface area contributed by atoms with Gasteiger partial charge in [-0.1, -0.05) is 23.9 Å². The third-order valence-corrected chi connectivity index (χ3v) is 3.68. The van der Waals surface area contributed by atoms with Gasteiger partial charge < -0.3 is 14.6 Å². The first kappa shape index (κ1) is 11.4. The van der Waals surface area contributed by atoms with E-state index in [1.807, 2.05) is 36.4 Å². The molecule has 3 rings (SSSR count). The third kappa shape index (κ3) is 2.14. The first-order valence-electron chi connectivity index (χ1n) is 5.62. The van der Waals surface area contributed by atoms with Crippen molar-refractivity contribution < 1.29 is 8.83 Å². The van der Waals surface area contributed by atoms with Crippen molar-refractivity contribution in [2.24, 2.45) is 5.73 Å². The zero-order valence-electron chi connectivity index (χ0n) is 9.58. The average molecular weight is 260 g/mol. The van der Waals surface area contributed by atoms with Gasteiger partial charge in [-0.25, -0.2) is 4.98 Å². The quantitative estimate of drug-likeness (QED) is 0.730. The predicted octanol–water partition coefficient (Wildman–Crippen LogP) is 3.21. The monoisotopic (exact) mass is 260 g/mol. The Morgan fingerprint density at radius 1 is 1.22 bits per heavy atom. The molecule has 0 aliphatic rings. The molecule has 1 aromatic carbocycles. The van der Waals surface area contributed by atoms with E-state index in [-0.39, 0.29) is 5.25 Å². The minimum Gasteiger partial charge on any atom is -0.468 e. The van der Waals surface area contributed by atoms with Crippen LogP contribution in [0.4, 0.5) is 0 Å². The maximum atomic E-state index is 5.76. The van der Waals surface area contributed by atoms with E-state index in [0.29, 0.717) is 11.8 Å². The van der Waals surface area contributed by atoms with Crippen molar-refractivity contribution in [2.45, 2.75) is 10.5 Å². The molecule has 0 aliphatic heterocycles. The molecule has 2 N–H and O–H groups in total. The maximum Gasteiger partial charge on any atom is 0.257 e. The van der Waals surface area contributed by atoms with Crippen LogP contribution in [0.25, 0.3) is 11.1 Å². The Hall–Kier alpha value is -1.72. The molecule has 0 saturated heterocycles. The molecule has 0 spiro atoms. The van der Waals surface area contributed by atoms with E-state index in [1.54, 1.807) is 6.26 Å². The van der Waals surface area contributed by atoms with E-state index in [4.69, 9.17) is 14.6 Å². The van der Waals surface area contributed by atoms with E-state index >= 15 is 0 Å². The van der Waals surface area contributed by atoms with Gasteiger partial charge in [0.25, 0.3) is 5.22 Å². The Labute approximate surface area is 108 Å². The van der Waals surface area contributed by atoms with Crippen LogP contribution in [0.2, 0.25) is 0 Å². The van der Waals surface area contributed by atoms with Crippen LogP contribution in [0.5, 0.6) is 0 Å². The van der Waals surface area contributed by atoms with Gasteiger partial charge in [-0.15, -0.1) is 0 Å². The number of thioether (sulfide) groups is 1. The number of aromatic nitrogens is 1. The molecule has 0 saturated carbocycles. The predicted molar refractivity (Wildman–Crippen MR) is 70.4 cm³/mol. The average Bonchev–Trinajstić information content (AvgIpc) is 3.04. The highest BCUT2D eigenvalue weighted by molar-refractivity contribution is 7.99. The van der Waals surface area contributed by atoms with Gasteiger partial charge in [-0.05, 0) is 24.3 Å². The van der Waals surface area contributed by atoms with Crippen LogP contribution >= 0.6 is 11.8 Å². The van der Waals surface area contributed by atoms with E-state index < -0.39 is 0 Å². The first-order chi connectivity index (χ1) is 8.86. The number of furan rings is 1. The summed E-state index contributed by atoms with van der Waals surface area (Å²) in [5.41, 5.74) is 7.40. The minimum absolute atomic E-state index is 0.0214. The summed E-state index contributed by atoms with van der Waals surface area (Å²) >= 11 is 1.48. The SMILES string of the molecule is NCC(Sc1nc2ccccc2o1)c1ccco1. The number of hydrogen-bond donors (Lipinski definition) is 1. The summed E-state index contributed by atoms with van der Waals surface area (Å²) in [6.45, 7) is 0.469. The highest BCUT2D eigenvalue weighted by Gasteiger charge is 2.17. The lowest BCUT2D eigenvalue weighted by atomic mass is 10.3. The van der Waals surface area contributed by atoms with Gasteiger partial charge in [0.2, 0.25) is 0 Å². The van der Waals surface area contributed by atoms with Crippen molar-refractivity contribution in [2.75, 3.05) is 6.54 Å². The van der Waals surface area contributed by atoms with Gasteiger partial charge in [0.15, 0.2) is 5.58 Å². The summed E-state index contributed by atoms with van der Waals surface area (Å²) < 4.78 is 11.0. The highest BCUT2D eigenvalue weighted by atomic mass is 32.2. The second kappa shape index (κ2) is 4.88. The van der Waals surface area contributed by atoms with Gasteiger partial charge in [0.1, 0.15) is 11.3 Å². The number of fused-ring (bicyclic) bond motifs is 1. The van der Waals surface area contributed by atoms with Crippen LogP contribution in [0, 0.1) is 0 Å². The van der Waals surface area contributed by atoms with Crippen LogP contribution in [0.15, 0.2) is 56.7 Å². The van der Waals surface area contributed by atoms with E-state index in [0.717, 1.165) is 16.9 Å². The van der Waals surface area contributed by atoms with E-state index in [2.05, 4.69) is 4.98 Å². The molecule has 4 nitrogen and oxygen atoms in total. The molecule has 2 aromatic heterocycles. The van der Waals surface area contributed by atoms with Gasteiger partial charge in [0, 0.05) is 6.54 Å². The number of oxazole rings is 1. The fraction of sp³-hybridized carbons (Fsp3) is 0.154. The Morgan fingerprint density at radius 2 is 2.11 bits per heavy atom. The molecule has 1 atom stereocenters. The molecule has 0 fully saturated rings. The molecule has 18 heavy (non-hydrogen) atoms. The summed E-state index contributed by atoms with van der Waals surface area (Å²) in [5.74, 6) is 0.838. The van der Waals surface area contributed by atoms with Crippen molar-refractivity contribution in [1.29, 1.82) is 0 Å². The lowest BCUT2D eigenvalue weighted by Crippen LogP contribution is -2.08. The largest absolute Gasteiger partial charge is 0.468 e. The number of nitrogens with two attached hydrogens (primary N) is 1. The van der Waals surface area contributed by atoms with Crippen LogP contribution in [0.3, 0.4) is 0 Å². The first-order valence-corrected chi connectivity index (χ1v) is 6.50. The fourth-order valence-electron chi connectivity index (χ4n) is 1.72. The summed E-state index contributed by atoms with van der Waals surface area (Å²) in [7, 11) is 0. The number of hydrogen-bond acceptors (Lipinski definition) is 5. The highest BCUT2D eigenvalue weighted by Crippen LogP contribution is 2.35. The zero-order valence-corrected chi connectivity index (χ0v) is 10.4. The normalized spacial score (nSPS) is 12.9. The fourth-order valence-corrected chi connectivity index (χ4v) is 2.60. The molecule has 0 amide bonds. The molecule has 0 aliphatic carbocycles. The van der Waals surface area contributed by atoms with E-state index in [1.165, 1.54) is 11.8 Å². The Kier molecular flexibility index (Phi) is 3.08. The molecule has 0 radical (unpaired) electrons. The molecule has 2 heterocycles. The summed E-state index contributed by atoms with van der Waals surface area (Å²) in [5, 5.41) is 0.635. The molecular weight excluding hydrogens is 248 g/mol. The van der Waals surface area contributed by atoms with Gasteiger partial charge in [-0.3, -0.25) is 0 Å².